The number of unbranched alkanes of at least 4 members (excludes halogenated alkanes) is 24. The fourth-order valence-electron chi connectivity index (χ4n) is 7.73. The van der Waals surface area contributed by atoms with Crippen molar-refractivity contribution in [2.75, 3.05) is 13.2 Å². The minimum Gasteiger partial charge on any atom is -0.462 e. The highest BCUT2D eigenvalue weighted by Gasteiger charge is 2.19. The number of carbonyl (C=O) groups is 3. The van der Waals surface area contributed by atoms with Gasteiger partial charge < -0.3 is 14.2 Å². The normalized spacial score (nSPS) is 12.8. The van der Waals surface area contributed by atoms with Crippen LogP contribution in [0.3, 0.4) is 0 Å². The zero-order valence-corrected chi connectivity index (χ0v) is 45.0. The van der Waals surface area contributed by atoms with Crippen molar-refractivity contribution in [3.8, 4) is 0 Å². The smallest absolute Gasteiger partial charge is 0.306 e. The Bertz CT molecular complexity index is 1380. The maximum Gasteiger partial charge on any atom is 0.306 e. The predicted molar refractivity (Wildman–Crippen MR) is 297 cm³/mol. The van der Waals surface area contributed by atoms with E-state index in [1.54, 1.807) is 0 Å². The van der Waals surface area contributed by atoms with E-state index in [0.29, 0.717) is 19.3 Å². The number of rotatable bonds is 51. The summed E-state index contributed by atoms with van der Waals surface area (Å²) in [6.07, 6.45) is 75.4. The van der Waals surface area contributed by atoms with E-state index in [9.17, 15) is 14.4 Å². The van der Waals surface area contributed by atoms with Gasteiger partial charge in [-0.05, 0) is 122 Å². The highest BCUT2D eigenvalue weighted by atomic mass is 16.6. The standard InChI is InChI=1S/C63H106O6/c1-4-7-10-13-16-19-22-25-28-30-31-33-36-38-41-44-47-50-53-56-62(65)68-59-60(69-63(66)57-54-51-48-45-42-39-34-27-24-21-18-15-12-9-6-3)58-67-61(64)55-52-49-46-43-40-37-35-32-29-26-23-20-17-14-11-8-5-2/h9,12,16-21,25-29,34,42,45,60H,4-8,10-11,13-15,22-24,30-33,35-41,43-44,46-59H2,1-3H3/b12-9-,19-16-,20-17-,21-18-,28-25-,29-26-,34-27-,45-42-/t60-/m0/s1. The van der Waals surface area contributed by atoms with Gasteiger partial charge in [0, 0.05) is 19.3 Å². The van der Waals surface area contributed by atoms with Crippen molar-refractivity contribution >= 4 is 17.9 Å². The van der Waals surface area contributed by atoms with E-state index in [0.717, 1.165) is 96.3 Å². The highest BCUT2D eigenvalue weighted by Crippen LogP contribution is 2.14. The van der Waals surface area contributed by atoms with Crippen molar-refractivity contribution in [1.29, 1.82) is 0 Å². The molecule has 0 amide bonds. The lowest BCUT2D eigenvalue weighted by atomic mass is 10.1. The van der Waals surface area contributed by atoms with Crippen LogP contribution in [-0.2, 0) is 28.6 Å². The number of hydrogen-bond acceptors (Lipinski definition) is 6. The second-order valence-corrected chi connectivity index (χ2v) is 18.8. The molecule has 0 saturated carbocycles. The van der Waals surface area contributed by atoms with Gasteiger partial charge in [-0.3, -0.25) is 14.4 Å². The van der Waals surface area contributed by atoms with Gasteiger partial charge in [0.15, 0.2) is 6.10 Å². The molecule has 0 saturated heterocycles. The van der Waals surface area contributed by atoms with Crippen molar-refractivity contribution in [2.45, 2.75) is 271 Å². The lowest BCUT2D eigenvalue weighted by Gasteiger charge is -2.18. The van der Waals surface area contributed by atoms with Crippen LogP contribution in [0.2, 0.25) is 0 Å². The number of ether oxygens (including phenoxy) is 3. The average molecular weight is 960 g/mol. The molecule has 0 fully saturated rings. The molecule has 1 atom stereocenters. The molecule has 6 nitrogen and oxygen atoms in total. The summed E-state index contributed by atoms with van der Waals surface area (Å²) in [5.74, 6) is -0.950. The van der Waals surface area contributed by atoms with Crippen molar-refractivity contribution in [3.63, 3.8) is 0 Å². The van der Waals surface area contributed by atoms with Gasteiger partial charge in [0.25, 0.3) is 0 Å². The molecule has 0 heterocycles. The first-order chi connectivity index (χ1) is 34.0. The van der Waals surface area contributed by atoms with Crippen LogP contribution in [-0.4, -0.2) is 37.2 Å². The topological polar surface area (TPSA) is 78.9 Å². The minimum atomic E-state index is -0.806. The third-order valence-electron chi connectivity index (χ3n) is 12.0. The molecule has 69 heavy (non-hydrogen) atoms. The Balaban J connectivity index is 4.45. The summed E-state index contributed by atoms with van der Waals surface area (Å²) in [7, 11) is 0. The van der Waals surface area contributed by atoms with Crippen LogP contribution in [0.15, 0.2) is 97.2 Å². The Morgan fingerprint density at radius 3 is 0.913 bits per heavy atom. The van der Waals surface area contributed by atoms with Gasteiger partial charge in [-0.15, -0.1) is 0 Å². The summed E-state index contributed by atoms with van der Waals surface area (Å²) < 4.78 is 16.8. The zero-order chi connectivity index (χ0) is 50.0. The first-order valence-corrected chi connectivity index (χ1v) is 28.7. The van der Waals surface area contributed by atoms with Crippen LogP contribution in [0.1, 0.15) is 265 Å². The summed E-state index contributed by atoms with van der Waals surface area (Å²) in [4.78, 5) is 38.2. The van der Waals surface area contributed by atoms with Crippen LogP contribution in [0.25, 0.3) is 0 Å². The second-order valence-electron chi connectivity index (χ2n) is 18.8. The van der Waals surface area contributed by atoms with Crippen LogP contribution in [0, 0.1) is 0 Å². The summed E-state index contributed by atoms with van der Waals surface area (Å²) in [5.41, 5.74) is 0. The van der Waals surface area contributed by atoms with Gasteiger partial charge in [0.05, 0.1) is 0 Å². The molecule has 0 aromatic rings. The first-order valence-electron chi connectivity index (χ1n) is 28.7. The Hall–Kier alpha value is -3.67. The molecule has 0 spiro atoms. The molecule has 0 aliphatic heterocycles. The van der Waals surface area contributed by atoms with Crippen molar-refractivity contribution in [1.82, 2.24) is 0 Å². The van der Waals surface area contributed by atoms with E-state index in [1.165, 1.54) is 122 Å². The fraction of sp³-hybridized carbons (Fsp3) is 0.698. The van der Waals surface area contributed by atoms with Crippen LogP contribution in [0.5, 0.6) is 0 Å². The monoisotopic (exact) mass is 959 g/mol. The fourth-order valence-corrected chi connectivity index (χ4v) is 7.73. The zero-order valence-electron chi connectivity index (χ0n) is 45.0. The van der Waals surface area contributed by atoms with Gasteiger partial charge in [-0.1, -0.05) is 221 Å². The second kappa shape index (κ2) is 56.9. The number of hydrogen-bond donors (Lipinski definition) is 0. The van der Waals surface area contributed by atoms with Crippen LogP contribution < -0.4 is 0 Å². The molecule has 0 N–H and O–H groups in total. The van der Waals surface area contributed by atoms with E-state index in [1.807, 2.05) is 0 Å². The van der Waals surface area contributed by atoms with Crippen molar-refractivity contribution in [3.05, 3.63) is 97.2 Å². The summed E-state index contributed by atoms with van der Waals surface area (Å²) >= 11 is 0. The molecule has 0 aromatic heterocycles. The first kappa shape index (κ1) is 65.3. The Morgan fingerprint density at radius 2 is 0.565 bits per heavy atom. The van der Waals surface area contributed by atoms with Gasteiger partial charge in [-0.25, -0.2) is 0 Å². The molecule has 0 unspecified atom stereocenters. The molecule has 0 aliphatic rings. The van der Waals surface area contributed by atoms with E-state index >= 15 is 0 Å². The van der Waals surface area contributed by atoms with Crippen molar-refractivity contribution < 1.29 is 28.6 Å². The molecule has 0 aliphatic carbocycles. The van der Waals surface area contributed by atoms with E-state index in [2.05, 4.69) is 118 Å². The quantitative estimate of drug-likeness (QED) is 0.0262. The highest BCUT2D eigenvalue weighted by molar-refractivity contribution is 5.71. The molecule has 0 rings (SSSR count). The van der Waals surface area contributed by atoms with E-state index in [4.69, 9.17) is 14.2 Å². The van der Waals surface area contributed by atoms with E-state index in [-0.39, 0.29) is 37.5 Å². The van der Waals surface area contributed by atoms with Crippen LogP contribution in [0.4, 0.5) is 0 Å². The molecule has 394 valence electrons. The van der Waals surface area contributed by atoms with Crippen LogP contribution >= 0.6 is 0 Å². The Morgan fingerprint density at radius 1 is 0.304 bits per heavy atom. The minimum absolute atomic E-state index is 0.0995. The van der Waals surface area contributed by atoms with Gasteiger partial charge in [0.2, 0.25) is 0 Å². The summed E-state index contributed by atoms with van der Waals surface area (Å²) in [6, 6.07) is 0. The van der Waals surface area contributed by atoms with Crippen molar-refractivity contribution in [2.24, 2.45) is 0 Å². The number of esters is 3. The third-order valence-corrected chi connectivity index (χ3v) is 12.0. The maximum absolute atomic E-state index is 12.8. The average Bonchev–Trinajstić information content (AvgIpc) is 3.35. The lowest BCUT2D eigenvalue weighted by Crippen LogP contribution is -2.30. The number of allylic oxidation sites excluding steroid dienone is 16. The molecule has 0 bridgehead atoms. The van der Waals surface area contributed by atoms with Gasteiger partial charge >= 0.3 is 17.9 Å². The van der Waals surface area contributed by atoms with Gasteiger partial charge in [-0.2, -0.15) is 0 Å². The maximum atomic E-state index is 12.8. The van der Waals surface area contributed by atoms with E-state index < -0.39 is 6.10 Å². The molecule has 6 heteroatoms. The predicted octanol–water partition coefficient (Wildman–Crippen LogP) is 19.3. The molecule has 0 radical (unpaired) electrons. The lowest BCUT2D eigenvalue weighted by molar-refractivity contribution is -0.167. The SMILES string of the molecule is CC/C=C\C/C=C\C/C=C\C/C=C\CCCCC(=O)O[C@@H](COC(=O)CCCCCCCCC/C=C\C/C=C\CCCCC)COC(=O)CCCCCCCCCCC/C=C\C/C=C\CCCCC. The Labute approximate surface area is 426 Å². The molecule has 0 aromatic carbocycles. The molecular formula is C63H106O6. The summed E-state index contributed by atoms with van der Waals surface area (Å²) in [6.45, 7) is 6.44. The van der Waals surface area contributed by atoms with Gasteiger partial charge in [0.1, 0.15) is 13.2 Å². The third kappa shape index (κ3) is 55.1. The largest absolute Gasteiger partial charge is 0.462 e. The molecular weight excluding hydrogens is 853 g/mol. The number of carbonyl (C=O) groups excluding carboxylic acids is 3. The summed E-state index contributed by atoms with van der Waals surface area (Å²) in [5, 5.41) is 0. The Kier molecular flexibility index (Phi) is 53.9.